The number of hydrogen-bond donors (Lipinski definition) is 1. The molecule has 2 rings (SSSR count). The summed E-state index contributed by atoms with van der Waals surface area (Å²) in [7, 11) is 0. The van der Waals surface area contributed by atoms with Crippen molar-refractivity contribution in [3.63, 3.8) is 0 Å². The molecule has 3 heteroatoms. The smallest absolute Gasteiger partial charge is 0.0948 e. The van der Waals surface area contributed by atoms with Crippen LogP contribution in [0.25, 0.3) is 0 Å². The van der Waals surface area contributed by atoms with Gasteiger partial charge in [0, 0.05) is 25.3 Å². The highest BCUT2D eigenvalue weighted by Gasteiger charge is 2.45. The van der Waals surface area contributed by atoms with E-state index in [1.807, 2.05) is 12.5 Å². The molecule has 0 amide bonds. The Bertz CT molecular complexity index is 361. The lowest BCUT2D eigenvalue weighted by Gasteiger charge is -2.21. The average Bonchev–Trinajstić information content (AvgIpc) is 2.90. The molecule has 1 aromatic heterocycles. The summed E-state index contributed by atoms with van der Waals surface area (Å²) in [5.41, 5.74) is 1.86. The number of aromatic nitrogens is 2. The van der Waals surface area contributed by atoms with Gasteiger partial charge in [-0.25, -0.2) is 4.98 Å². The van der Waals surface area contributed by atoms with E-state index in [2.05, 4.69) is 42.6 Å². The summed E-state index contributed by atoms with van der Waals surface area (Å²) < 4.78 is 2.34. The maximum absolute atomic E-state index is 4.29. The van der Waals surface area contributed by atoms with Crippen LogP contribution in [0.15, 0.2) is 12.5 Å². The van der Waals surface area contributed by atoms with Gasteiger partial charge in [-0.3, -0.25) is 0 Å². The highest BCUT2D eigenvalue weighted by molar-refractivity contribution is 5.03. The Morgan fingerprint density at radius 1 is 1.35 bits per heavy atom. The Morgan fingerprint density at radius 3 is 2.59 bits per heavy atom. The molecule has 1 aliphatic rings. The SMILES string of the molecule is CC(C)NCc1cncn1CC1(C(C)C)CC1. The number of rotatable bonds is 6. The maximum Gasteiger partial charge on any atom is 0.0948 e. The third kappa shape index (κ3) is 2.89. The molecular formula is C14H25N3. The Kier molecular flexibility index (Phi) is 3.57. The van der Waals surface area contributed by atoms with Crippen LogP contribution in [0.1, 0.15) is 46.2 Å². The van der Waals surface area contributed by atoms with Gasteiger partial charge in [-0.2, -0.15) is 0 Å². The molecule has 1 aromatic rings. The van der Waals surface area contributed by atoms with E-state index in [4.69, 9.17) is 0 Å². The highest BCUT2D eigenvalue weighted by atomic mass is 15.1. The van der Waals surface area contributed by atoms with Crippen molar-refractivity contribution in [3.05, 3.63) is 18.2 Å². The third-order valence-corrected chi connectivity index (χ3v) is 4.09. The summed E-state index contributed by atoms with van der Waals surface area (Å²) in [4.78, 5) is 4.29. The second-order valence-corrected chi connectivity index (χ2v) is 6.07. The van der Waals surface area contributed by atoms with Crippen molar-refractivity contribution in [3.8, 4) is 0 Å². The molecule has 1 aliphatic carbocycles. The molecule has 1 heterocycles. The Morgan fingerprint density at radius 2 is 2.06 bits per heavy atom. The first-order chi connectivity index (χ1) is 8.03. The Hall–Kier alpha value is -0.830. The topological polar surface area (TPSA) is 29.9 Å². The summed E-state index contributed by atoms with van der Waals surface area (Å²) in [5.74, 6) is 0.774. The highest BCUT2D eigenvalue weighted by Crippen LogP contribution is 2.53. The lowest BCUT2D eigenvalue weighted by atomic mass is 9.92. The first-order valence-corrected chi connectivity index (χ1v) is 6.76. The van der Waals surface area contributed by atoms with E-state index < -0.39 is 0 Å². The maximum atomic E-state index is 4.29. The summed E-state index contributed by atoms with van der Waals surface area (Å²) in [5, 5.41) is 3.46. The Balaban J connectivity index is 1.99. The molecule has 0 unspecified atom stereocenters. The average molecular weight is 235 g/mol. The molecule has 17 heavy (non-hydrogen) atoms. The number of nitrogens with one attached hydrogen (secondary N) is 1. The van der Waals surface area contributed by atoms with Crippen LogP contribution >= 0.6 is 0 Å². The zero-order chi connectivity index (χ0) is 12.5. The van der Waals surface area contributed by atoms with Crippen LogP contribution in [0, 0.1) is 11.3 Å². The summed E-state index contributed by atoms with van der Waals surface area (Å²) in [6, 6.07) is 0.526. The van der Waals surface area contributed by atoms with Gasteiger partial charge in [0.1, 0.15) is 0 Å². The molecule has 0 spiro atoms. The number of hydrogen-bond acceptors (Lipinski definition) is 2. The second-order valence-electron chi connectivity index (χ2n) is 6.07. The van der Waals surface area contributed by atoms with Gasteiger partial charge in [0.2, 0.25) is 0 Å². The van der Waals surface area contributed by atoms with Crippen molar-refractivity contribution in [2.45, 2.75) is 59.7 Å². The van der Waals surface area contributed by atoms with Gasteiger partial charge >= 0.3 is 0 Å². The van der Waals surface area contributed by atoms with Crippen LogP contribution < -0.4 is 5.32 Å². The zero-order valence-electron chi connectivity index (χ0n) is 11.5. The molecule has 0 bridgehead atoms. The predicted molar refractivity (Wildman–Crippen MR) is 70.7 cm³/mol. The van der Waals surface area contributed by atoms with E-state index in [0.29, 0.717) is 11.5 Å². The third-order valence-electron chi connectivity index (χ3n) is 4.09. The van der Waals surface area contributed by atoms with Gasteiger partial charge in [-0.05, 0) is 24.2 Å². The molecule has 1 saturated carbocycles. The van der Waals surface area contributed by atoms with Crippen LogP contribution in [-0.2, 0) is 13.1 Å². The van der Waals surface area contributed by atoms with Gasteiger partial charge in [0.25, 0.3) is 0 Å². The molecule has 0 saturated heterocycles. The first kappa shape index (κ1) is 12.6. The van der Waals surface area contributed by atoms with Crippen molar-refractivity contribution in [2.24, 2.45) is 11.3 Å². The normalized spacial score (nSPS) is 18.0. The minimum atomic E-state index is 0.526. The fourth-order valence-electron chi connectivity index (χ4n) is 2.36. The van der Waals surface area contributed by atoms with Crippen molar-refractivity contribution >= 4 is 0 Å². The van der Waals surface area contributed by atoms with Crippen molar-refractivity contribution in [1.29, 1.82) is 0 Å². The lowest BCUT2D eigenvalue weighted by molar-refractivity contribution is 0.304. The van der Waals surface area contributed by atoms with Gasteiger partial charge in [0.05, 0.1) is 12.0 Å². The van der Waals surface area contributed by atoms with E-state index in [9.17, 15) is 0 Å². The van der Waals surface area contributed by atoms with Crippen LogP contribution in [0.4, 0.5) is 0 Å². The number of imidazole rings is 1. The molecule has 0 aliphatic heterocycles. The quantitative estimate of drug-likeness (QED) is 0.821. The van der Waals surface area contributed by atoms with Crippen LogP contribution in [0.2, 0.25) is 0 Å². The standard InChI is InChI=1S/C14H25N3/c1-11(2)14(5-6-14)9-17-10-15-7-13(17)8-16-12(3)4/h7,10-12,16H,5-6,8-9H2,1-4H3. The monoisotopic (exact) mass is 235 g/mol. The summed E-state index contributed by atoms with van der Waals surface area (Å²) >= 11 is 0. The van der Waals surface area contributed by atoms with Crippen LogP contribution in [0.5, 0.6) is 0 Å². The largest absolute Gasteiger partial charge is 0.333 e. The minimum Gasteiger partial charge on any atom is -0.333 e. The van der Waals surface area contributed by atoms with Gasteiger partial charge in [-0.1, -0.05) is 27.7 Å². The van der Waals surface area contributed by atoms with E-state index in [1.54, 1.807) is 0 Å². The zero-order valence-corrected chi connectivity index (χ0v) is 11.5. The van der Waals surface area contributed by atoms with Crippen molar-refractivity contribution in [2.75, 3.05) is 0 Å². The van der Waals surface area contributed by atoms with Crippen LogP contribution in [-0.4, -0.2) is 15.6 Å². The molecule has 96 valence electrons. The summed E-state index contributed by atoms with van der Waals surface area (Å²) in [6.07, 6.45) is 6.73. The van der Waals surface area contributed by atoms with Gasteiger partial charge in [-0.15, -0.1) is 0 Å². The van der Waals surface area contributed by atoms with E-state index in [1.165, 1.54) is 18.5 Å². The summed E-state index contributed by atoms with van der Waals surface area (Å²) in [6.45, 7) is 11.1. The van der Waals surface area contributed by atoms with E-state index >= 15 is 0 Å². The van der Waals surface area contributed by atoms with Crippen molar-refractivity contribution < 1.29 is 0 Å². The van der Waals surface area contributed by atoms with Crippen LogP contribution in [0.3, 0.4) is 0 Å². The van der Waals surface area contributed by atoms with Crippen molar-refractivity contribution in [1.82, 2.24) is 14.9 Å². The first-order valence-electron chi connectivity index (χ1n) is 6.76. The van der Waals surface area contributed by atoms with E-state index in [0.717, 1.165) is 19.0 Å². The minimum absolute atomic E-state index is 0.526. The van der Waals surface area contributed by atoms with Gasteiger partial charge in [0.15, 0.2) is 0 Å². The molecule has 0 atom stereocenters. The second kappa shape index (κ2) is 4.81. The van der Waals surface area contributed by atoms with Gasteiger partial charge < -0.3 is 9.88 Å². The molecule has 0 radical (unpaired) electrons. The fraction of sp³-hybridized carbons (Fsp3) is 0.786. The molecule has 0 aromatic carbocycles. The number of nitrogens with zero attached hydrogens (tertiary/aromatic N) is 2. The molecule has 1 fully saturated rings. The fourth-order valence-corrected chi connectivity index (χ4v) is 2.36. The predicted octanol–water partition coefficient (Wildman–Crippen LogP) is 2.82. The molecule has 1 N–H and O–H groups in total. The van der Waals surface area contributed by atoms with E-state index in [-0.39, 0.29) is 0 Å². The Labute approximate surface area is 105 Å². The molecule has 3 nitrogen and oxygen atoms in total. The molecular weight excluding hydrogens is 210 g/mol. The lowest BCUT2D eigenvalue weighted by Crippen LogP contribution is -2.25.